The molecule has 0 unspecified atom stereocenters. The monoisotopic (exact) mass is 330 g/mol. The molecule has 0 fully saturated rings. The smallest absolute Gasteiger partial charge is 0.154 e. The Kier molecular flexibility index (Phi) is 6.43. The summed E-state index contributed by atoms with van der Waals surface area (Å²) in [4.78, 5) is 0. The van der Waals surface area contributed by atoms with Crippen molar-refractivity contribution in [3.63, 3.8) is 0 Å². The fraction of sp³-hybridized carbons (Fsp3) is 0.176. The number of thioether (sulfide) groups is 1. The lowest BCUT2D eigenvalue weighted by molar-refractivity contribution is 0.414. The predicted octanol–water partition coefficient (Wildman–Crippen LogP) is 4.15. The molecule has 0 atom stereocenters. The van der Waals surface area contributed by atoms with Crippen molar-refractivity contribution < 1.29 is 4.74 Å². The Balaban J connectivity index is 1.85. The zero-order valence-corrected chi connectivity index (χ0v) is 14.2. The third-order valence-corrected chi connectivity index (χ3v) is 4.37. The van der Waals surface area contributed by atoms with Crippen LogP contribution in [0, 0.1) is 6.92 Å². The molecule has 0 radical (unpaired) electrons. The number of hydrazone groups is 1. The van der Waals surface area contributed by atoms with E-state index in [1.54, 1.807) is 25.1 Å². The highest BCUT2D eigenvalue weighted by Gasteiger charge is 2.01. The number of hydrogen-bond donors (Lipinski definition) is 1. The maximum absolute atomic E-state index is 5.28. The Morgan fingerprint density at radius 2 is 1.95 bits per heavy atom. The summed E-state index contributed by atoms with van der Waals surface area (Å²) in [5, 5.41) is 4.17. The van der Waals surface area contributed by atoms with E-state index in [4.69, 9.17) is 17.0 Å². The molecule has 0 aliphatic heterocycles. The van der Waals surface area contributed by atoms with Gasteiger partial charge in [0.25, 0.3) is 0 Å². The van der Waals surface area contributed by atoms with Crippen LogP contribution in [0.4, 0.5) is 0 Å². The van der Waals surface area contributed by atoms with Crippen LogP contribution in [0.2, 0.25) is 0 Å². The molecule has 5 heteroatoms. The molecule has 0 saturated heterocycles. The van der Waals surface area contributed by atoms with Gasteiger partial charge in [0, 0.05) is 11.3 Å². The molecular formula is C17H18N2OS2. The summed E-state index contributed by atoms with van der Waals surface area (Å²) in [6.07, 6.45) is 1.71. The molecule has 0 saturated carbocycles. The Labute approximate surface area is 140 Å². The van der Waals surface area contributed by atoms with Crippen LogP contribution in [-0.4, -0.2) is 17.6 Å². The van der Waals surface area contributed by atoms with Crippen LogP contribution >= 0.6 is 24.0 Å². The number of ether oxygens (including phenoxy) is 1. The van der Waals surface area contributed by atoms with Crippen molar-refractivity contribution in [3.8, 4) is 5.75 Å². The first-order valence-electron chi connectivity index (χ1n) is 6.84. The number of nitrogens with zero attached hydrogens (tertiary/aromatic N) is 1. The number of methoxy groups -OCH3 is 1. The minimum atomic E-state index is 0.648. The minimum absolute atomic E-state index is 0.648. The van der Waals surface area contributed by atoms with Gasteiger partial charge in [-0.25, -0.2) is 0 Å². The van der Waals surface area contributed by atoms with E-state index < -0.39 is 0 Å². The Hall–Kier alpha value is -1.85. The van der Waals surface area contributed by atoms with Gasteiger partial charge in [-0.05, 0) is 30.2 Å². The number of benzene rings is 2. The lowest BCUT2D eigenvalue weighted by Gasteiger charge is -2.06. The third-order valence-electron chi connectivity index (χ3n) is 3.12. The fourth-order valence-corrected chi connectivity index (χ4v) is 2.83. The highest BCUT2D eigenvalue weighted by Crippen LogP contribution is 2.17. The van der Waals surface area contributed by atoms with Gasteiger partial charge in [-0.3, -0.25) is 5.43 Å². The van der Waals surface area contributed by atoms with Crippen molar-refractivity contribution in [2.45, 2.75) is 12.7 Å². The van der Waals surface area contributed by atoms with Gasteiger partial charge >= 0.3 is 0 Å². The van der Waals surface area contributed by atoms with Gasteiger partial charge in [0.2, 0.25) is 0 Å². The summed E-state index contributed by atoms with van der Waals surface area (Å²) in [7, 11) is 1.64. The maximum atomic E-state index is 5.28. The quantitative estimate of drug-likeness (QED) is 0.507. The third kappa shape index (κ3) is 4.86. The number of aryl methyl sites for hydroxylation is 1. The van der Waals surface area contributed by atoms with Crippen LogP contribution in [0.15, 0.2) is 53.6 Å². The second kappa shape index (κ2) is 8.56. The normalized spacial score (nSPS) is 10.6. The van der Waals surface area contributed by atoms with Gasteiger partial charge in [-0.15, -0.1) is 0 Å². The summed E-state index contributed by atoms with van der Waals surface area (Å²) >= 11 is 6.84. The van der Waals surface area contributed by atoms with Crippen LogP contribution < -0.4 is 10.2 Å². The molecule has 22 heavy (non-hydrogen) atoms. The molecule has 2 aromatic rings. The van der Waals surface area contributed by atoms with E-state index in [9.17, 15) is 0 Å². The zero-order valence-electron chi connectivity index (χ0n) is 12.6. The maximum Gasteiger partial charge on any atom is 0.154 e. The molecule has 1 N–H and O–H groups in total. The molecule has 0 spiro atoms. The van der Waals surface area contributed by atoms with Crippen molar-refractivity contribution >= 4 is 34.5 Å². The molecule has 0 amide bonds. The van der Waals surface area contributed by atoms with Gasteiger partial charge in [0.15, 0.2) is 4.32 Å². The number of nitrogens with one attached hydrogen (secondary N) is 1. The average Bonchev–Trinajstić information content (AvgIpc) is 2.54. The van der Waals surface area contributed by atoms with Crippen LogP contribution in [0.3, 0.4) is 0 Å². The van der Waals surface area contributed by atoms with Crippen LogP contribution in [0.25, 0.3) is 0 Å². The average molecular weight is 330 g/mol. The summed E-state index contributed by atoms with van der Waals surface area (Å²) in [6, 6.07) is 16.0. The first kappa shape index (κ1) is 16.5. The van der Waals surface area contributed by atoms with Gasteiger partial charge in [0.05, 0.1) is 13.3 Å². The number of thiocarbonyl (C=S) groups is 1. The van der Waals surface area contributed by atoms with Crippen molar-refractivity contribution in [1.82, 2.24) is 5.43 Å². The van der Waals surface area contributed by atoms with Crippen molar-refractivity contribution in [2.75, 3.05) is 7.11 Å². The lowest BCUT2D eigenvalue weighted by atomic mass is 10.1. The Morgan fingerprint density at radius 3 is 2.73 bits per heavy atom. The van der Waals surface area contributed by atoms with Crippen LogP contribution in [0.1, 0.15) is 16.7 Å². The fourth-order valence-electron chi connectivity index (χ4n) is 1.88. The molecule has 2 rings (SSSR count). The molecular weight excluding hydrogens is 312 g/mol. The summed E-state index contributed by atoms with van der Waals surface area (Å²) < 4.78 is 5.91. The topological polar surface area (TPSA) is 33.6 Å². The molecule has 2 aromatic carbocycles. The number of hydrogen-bond acceptors (Lipinski definition) is 4. The molecule has 0 aliphatic rings. The highest BCUT2D eigenvalue weighted by molar-refractivity contribution is 8.22. The summed E-state index contributed by atoms with van der Waals surface area (Å²) in [5.74, 6) is 1.62. The van der Waals surface area contributed by atoms with E-state index in [-0.39, 0.29) is 0 Å². The molecule has 0 heterocycles. The van der Waals surface area contributed by atoms with E-state index in [2.05, 4.69) is 29.6 Å². The summed E-state index contributed by atoms with van der Waals surface area (Å²) in [5.41, 5.74) is 6.34. The largest absolute Gasteiger partial charge is 0.496 e. The Morgan fingerprint density at radius 1 is 1.23 bits per heavy atom. The van der Waals surface area contributed by atoms with Crippen LogP contribution in [0.5, 0.6) is 5.75 Å². The number of para-hydroxylation sites is 1. The second-order valence-corrected chi connectivity index (χ2v) is 6.27. The summed E-state index contributed by atoms with van der Waals surface area (Å²) in [6.45, 7) is 2.10. The molecule has 0 aliphatic carbocycles. The number of rotatable bonds is 5. The SMILES string of the molecule is COc1ccccc1/C=N/NC(=S)SCc1ccccc1C. The predicted molar refractivity (Wildman–Crippen MR) is 98.8 cm³/mol. The van der Waals surface area contributed by atoms with Crippen molar-refractivity contribution in [3.05, 3.63) is 65.2 Å². The first-order valence-corrected chi connectivity index (χ1v) is 8.23. The van der Waals surface area contributed by atoms with E-state index in [0.29, 0.717) is 4.32 Å². The van der Waals surface area contributed by atoms with Gasteiger partial charge < -0.3 is 4.74 Å². The van der Waals surface area contributed by atoms with Crippen LogP contribution in [-0.2, 0) is 5.75 Å². The van der Waals surface area contributed by atoms with E-state index in [1.165, 1.54) is 11.1 Å². The molecule has 0 aromatic heterocycles. The molecule has 114 valence electrons. The van der Waals surface area contributed by atoms with Gasteiger partial charge in [-0.1, -0.05) is 60.4 Å². The minimum Gasteiger partial charge on any atom is -0.496 e. The van der Waals surface area contributed by atoms with Crippen molar-refractivity contribution in [1.29, 1.82) is 0 Å². The van der Waals surface area contributed by atoms with Crippen molar-refractivity contribution in [2.24, 2.45) is 5.10 Å². The van der Waals surface area contributed by atoms with E-state index in [1.807, 2.05) is 36.4 Å². The van der Waals surface area contributed by atoms with E-state index in [0.717, 1.165) is 17.1 Å². The lowest BCUT2D eigenvalue weighted by Crippen LogP contribution is -2.11. The molecule has 0 bridgehead atoms. The first-order chi connectivity index (χ1) is 10.7. The molecule has 3 nitrogen and oxygen atoms in total. The van der Waals surface area contributed by atoms with Gasteiger partial charge in [-0.2, -0.15) is 5.10 Å². The van der Waals surface area contributed by atoms with Gasteiger partial charge in [0.1, 0.15) is 5.75 Å². The van der Waals surface area contributed by atoms with E-state index >= 15 is 0 Å². The Bertz CT molecular complexity index is 671. The highest BCUT2D eigenvalue weighted by atomic mass is 32.2. The second-order valence-electron chi connectivity index (χ2n) is 4.61. The zero-order chi connectivity index (χ0) is 15.8. The standard InChI is InChI=1S/C17H18N2OS2/c1-13-7-3-4-9-15(13)12-22-17(21)19-18-11-14-8-5-6-10-16(14)20-2/h3-11H,12H2,1-2H3,(H,19,21)/b18-11+.